The molecule has 0 atom stereocenters. The predicted molar refractivity (Wildman–Crippen MR) is 81.4 cm³/mol. The van der Waals surface area contributed by atoms with Gasteiger partial charge in [-0.3, -0.25) is 9.59 Å². The zero-order valence-corrected chi connectivity index (χ0v) is 13.3. The first-order valence-corrected chi connectivity index (χ1v) is 8.20. The lowest BCUT2D eigenvalue weighted by molar-refractivity contribution is -0.144. The van der Waals surface area contributed by atoms with E-state index in [-0.39, 0.29) is 11.8 Å². The van der Waals surface area contributed by atoms with E-state index in [1.807, 2.05) is 4.90 Å². The van der Waals surface area contributed by atoms with E-state index >= 15 is 0 Å². The Morgan fingerprint density at radius 2 is 1.60 bits per heavy atom. The molecule has 1 rings (SSSR count). The molecule has 4 heteroatoms. The van der Waals surface area contributed by atoms with Crippen molar-refractivity contribution in [3.8, 4) is 0 Å². The van der Waals surface area contributed by atoms with Gasteiger partial charge in [0.25, 0.3) is 0 Å². The van der Waals surface area contributed by atoms with Crippen LogP contribution in [0.4, 0.5) is 0 Å². The smallest absolute Gasteiger partial charge is 0.238 e. The summed E-state index contributed by atoms with van der Waals surface area (Å²) in [6, 6.07) is 0. The Bertz CT molecular complexity index is 318. The normalized spacial score (nSPS) is 15.8. The van der Waals surface area contributed by atoms with Crippen molar-refractivity contribution >= 4 is 11.8 Å². The summed E-state index contributed by atoms with van der Waals surface area (Å²) in [5, 5.41) is 2.95. The summed E-state index contributed by atoms with van der Waals surface area (Å²) in [5.41, 5.74) is -0.726. The van der Waals surface area contributed by atoms with Crippen LogP contribution in [0.1, 0.15) is 65.7 Å². The third-order valence-corrected chi connectivity index (χ3v) is 3.93. The molecule has 0 spiro atoms. The highest BCUT2D eigenvalue weighted by molar-refractivity contribution is 6.07. The van der Waals surface area contributed by atoms with Crippen LogP contribution in [0, 0.1) is 5.41 Å². The Morgan fingerprint density at radius 3 is 2.05 bits per heavy atom. The van der Waals surface area contributed by atoms with E-state index in [4.69, 9.17) is 0 Å². The third kappa shape index (κ3) is 4.22. The van der Waals surface area contributed by atoms with Crippen LogP contribution in [0.3, 0.4) is 0 Å². The molecular formula is C16H30N2O2. The summed E-state index contributed by atoms with van der Waals surface area (Å²) in [6.07, 6.45) is 6.59. The van der Waals surface area contributed by atoms with E-state index in [9.17, 15) is 9.59 Å². The van der Waals surface area contributed by atoms with Crippen LogP contribution >= 0.6 is 0 Å². The summed E-state index contributed by atoms with van der Waals surface area (Å²) in [4.78, 5) is 26.8. The van der Waals surface area contributed by atoms with Crippen LogP contribution in [-0.4, -0.2) is 36.3 Å². The molecule has 1 saturated carbocycles. The topological polar surface area (TPSA) is 49.4 Å². The first kappa shape index (κ1) is 17.0. The Balaban J connectivity index is 2.53. The summed E-state index contributed by atoms with van der Waals surface area (Å²) >= 11 is 0. The molecule has 0 bridgehead atoms. The maximum atomic E-state index is 12.6. The van der Waals surface area contributed by atoms with Crippen molar-refractivity contribution in [1.29, 1.82) is 0 Å². The fourth-order valence-electron chi connectivity index (χ4n) is 2.57. The Hall–Kier alpha value is -1.06. The average Bonchev–Trinajstić information content (AvgIpc) is 3.24. The summed E-state index contributed by atoms with van der Waals surface area (Å²) in [6.45, 7) is 8.50. The number of carbonyl (C=O) groups excluding carboxylic acids is 2. The van der Waals surface area contributed by atoms with E-state index in [2.05, 4.69) is 26.1 Å². The lowest BCUT2D eigenvalue weighted by Gasteiger charge is -2.26. The Kier molecular flexibility index (Phi) is 7.03. The van der Waals surface area contributed by atoms with Crippen LogP contribution in [0.15, 0.2) is 0 Å². The van der Waals surface area contributed by atoms with Gasteiger partial charge in [-0.15, -0.1) is 0 Å². The molecule has 0 aromatic heterocycles. The van der Waals surface area contributed by atoms with E-state index in [0.29, 0.717) is 6.54 Å². The van der Waals surface area contributed by atoms with Crippen molar-refractivity contribution < 1.29 is 9.59 Å². The van der Waals surface area contributed by atoms with Crippen LogP contribution < -0.4 is 5.32 Å². The third-order valence-electron chi connectivity index (χ3n) is 3.93. The molecule has 0 aliphatic heterocycles. The van der Waals surface area contributed by atoms with Crippen molar-refractivity contribution in [1.82, 2.24) is 10.2 Å². The van der Waals surface area contributed by atoms with Crippen molar-refractivity contribution in [2.75, 3.05) is 19.6 Å². The standard InChI is InChI=1S/C16H30N2O2/c1-4-7-8-11-17-14(19)16(9-10-16)15(20)18(12-5-2)13-6-3/h4-13H2,1-3H3,(H,17,19). The van der Waals surface area contributed by atoms with Gasteiger partial charge in [-0.05, 0) is 32.1 Å². The number of amides is 2. The highest BCUT2D eigenvalue weighted by Gasteiger charge is 2.57. The van der Waals surface area contributed by atoms with Crippen molar-refractivity contribution in [3.63, 3.8) is 0 Å². The number of rotatable bonds is 10. The lowest BCUT2D eigenvalue weighted by Crippen LogP contribution is -2.46. The molecule has 0 radical (unpaired) electrons. The van der Waals surface area contributed by atoms with E-state index in [0.717, 1.165) is 58.0 Å². The number of nitrogens with zero attached hydrogens (tertiary/aromatic N) is 1. The highest BCUT2D eigenvalue weighted by atomic mass is 16.2. The second kappa shape index (κ2) is 8.28. The zero-order chi connectivity index (χ0) is 15.0. The second-order valence-electron chi connectivity index (χ2n) is 5.84. The molecule has 0 aromatic rings. The van der Waals surface area contributed by atoms with Gasteiger partial charge >= 0.3 is 0 Å². The first-order valence-electron chi connectivity index (χ1n) is 8.20. The van der Waals surface area contributed by atoms with Gasteiger partial charge in [0.1, 0.15) is 5.41 Å². The number of hydrogen-bond acceptors (Lipinski definition) is 2. The minimum atomic E-state index is -0.726. The largest absolute Gasteiger partial charge is 0.355 e. The molecule has 0 aromatic carbocycles. The van der Waals surface area contributed by atoms with Gasteiger partial charge in [0.05, 0.1) is 0 Å². The second-order valence-corrected chi connectivity index (χ2v) is 5.84. The van der Waals surface area contributed by atoms with Gasteiger partial charge in [0.2, 0.25) is 11.8 Å². The minimum absolute atomic E-state index is 0.0455. The molecule has 116 valence electrons. The van der Waals surface area contributed by atoms with Gasteiger partial charge < -0.3 is 10.2 Å². The molecule has 20 heavy (non-hydrogen) atoms. The molecule has 1 aliphatic rings. The number of nitrogens with one attached hydrogen (secondary N) is 1. The fraction of sp³-hybridized carbons (Fsp3) is 0.875. The van der Waals surface area contributed by atoms with Gasteiger partial charge in [-0.2, -0.15) is 0 Å². The number of carbonyl (C=O) groups is 2. The number of unbranched alkanes of at least 4 members (excludes halogenated alkanes) is 2. The maximum Gasteiger partial charge on any atom is 0.238 e. The van der Waals surface area contributed by atoms with Gasteiger partial charge in [-0.1, -0.05) is 33.6 Å². The van der Waals surface area contributed by atoms with Crippen molar-refractivity contribution in [2.45, 2.75) is 65.7 Å². The molecule has 0 unspecified atom stereocenters. The molecule has 0 heterocycles. The predicted octanol–water partition coefficient (Wildman–Crippen LogP) is 2.72. The van der Waals surface area contributed by atoms with Gasteiger partial charge in [-0.25, -0.2) is 0 Å². The molecule has 4 nitrogen and oxygen atoms in total. The SMILES string of the molecule is CCCCCNC(=O)C1(C(=O)N(CCC)CCC)CC1. The van der Waals surface area contributed by atoms with Gasteiger partial charge in [0.15, 0.2) is 0 Å². The quantitative estimate of drug-likeness (QED) is 0.495. The molecular weight excluding hydrogens is 252 g/mol. The van der Waals surface area contributed by atoms with Crippen LogP contribution in [0.5, 0.6) is 0 Å². The Morgan fingerprint density at radius 1 is 1.00 bits per heavy atom. The molecule has 0 saturated heterocycles. The van der Waals surface area contributed by atoms with Crippen LogP contribution in [-0.2, 0) is 9.59 Å². The summed E-state index contributed by atoms with van der Waals surface area (Å²) in [5.74, 6) is 0.00463. The molecule has 1 aliphatic carbocycles. The van der Waals surface area contributed by atoms with Crippen LogP contribution in [0.25, 0.3) is 0 Å². The molecule has 1 N–H and O–H groups in total. The summed E-state index contributed by atoms with van der Waals surface area (Å²) in [7, 11) is 0. The maximum absolute atomic E-state index is 12.6. The van der Waals surface area contributed by atoms with Crippen molar-refractivity contribution in [3.05, 3.63) is 0 Å². The first-order chi connectivity index (χ1) is 9.62. The van der Waals surface area contributed by atoms with Crippen molar-refractivity contribution in [2.24, 2.45) is 5.41 Å². The monoisotopic (exact) mass is 282 g/mol. The summed E-state index contributed by atoms with van der Waals surface area (Å²) < 4.78 is 0. The van der Waals surface area contributed by atoms with E-state index in [1.54, 1.807) is 0 Å². The minimum Gasteiger partial charge on any atom is -0.355 e. The molecule has 1 fully saturated rings. The Labute approximate surface area is 123 Å². The molecule has 2 amide bonds. The van der Waals surface area contributed by atoms with E-state index in [1.165, 1.54) is 0 Å². The number of hydrogen-bond donors (Lipinski definition) is 1. The lowest BCUT2D eigenvalue weighted by atomic mass is 10.0. The highest BCUT2D eigenvalue weighted by Crippen LogP contribution is 2.47. The zero-order valence-electron chi connectivity index (χ0n) is 13.3. The average molecular weight is 282 g/mol. The van der Waals surface area contributed by atoms with E-state index < -0.39 is 5.41 Å². The fourth-order valence-corrected chi connectivity index (χ4v) is 2.57. The van der Waals surface area contributed by atoms with Gasteiger partial charge in [0, 0.05) is 19.6 Å². The van der Waals surface area contributed by atoms with Crippen LogP contribution in [0.2, 0.25) is 0 Å².